The Morgan fingerprint density at radius 2 is 1.03 bits per heavy atom. The molecule has 0 saturated heterocycles. The molecular weight excluding hydrogens is 587 g/mol. The molecule has 0 unspecified atom stereocenters. The van der Waals surface area contributed by atoms with Crippen molar-refractivity contribution in [1.82, 2.24) is 19.9 Å². The van der Waals surface area contributed by atoms with E-state index >= 15 is 0 Å². The molecule has 0 aliphatic heterocycles. The van der Waals surface area contributed by atoms with Gasteiger partial charge in [0, 0.05) is 30.0 Å². The third-order valence-electron chi connectivity index (χ3n) is 4.21. The first-order valence-electron chi connectivity index (χ1n) is 9.71. The van der Waals surface area contributed by atoms with Gasteiger partial charge in [-0.25, -0.2) is 0 Å². The molecule has 5 aromatic rings. The van der Waals surface area contributed by atoms with Gasteiger partial charge >= 0.3 is 20.1 Å². The Labute approximate surface area is 207 Å². The quantitative estimate of drug-likeness (QED) is 0.249. The zero-order valence-electron chi connectivity index (χ0n) is 17.5. The summed E-state index contributed by atoms with van der Waals surface area (Å²) in [5.41, 5.74) is 5.49. The number of hydrogen-bond acceptors (Lipinski definition) is 5. The van der Waals surface area contributed by atoms with Crippen LogP contribution in [0.5, 0.6) is 0 Å². The second-order valence-electron chi connectivity index (χ2n) is 6.28. The average Bonchev–Trinajstić information content (AvgIpc) is 2.92. The van der Waals surface area contributed by atoms with Crippen LogP contribution in [0.25, 0.3) is 33.8 Å². The van der Waals surface area contributed by atoms with Crippen molar-refractivity contribution in [3.63, 3.8) is 0 Å². The maximum Gasteiger partial charge on any atom is 3.00 e. The minimum Gasteiger partial charge on any atom is -0.512 e. The van der Waals surface area contributed by atoms with Crippen LogP contribution in [0, 0.1) is 24.0 Å². The molecule has 6 heteroatoms. The van der Waals surface area contributed by atoms with E-state index in [2.05, 4.69) is 32.1 Å². The summed E-state index contributed by atoms with van der Waals surface area (Å²) >= 11 is 0. The minimum absolute atomic E-state index is 0. The SMILES string of the molecule is [C-]#N.[Ir+3].[c-]1c(-c2ccccn2)cncc1-c1ccccn1.[c-]1ccccc1-c1ccccn1. The predicted molar refractivity (Wildman–Crippen MR) is 123 cm³/mol. The zero-order chi connectivity index (χ0) is 22.4. The molecule has 0 radical (unpaired) electrons. The summed E-state index contributed by atoms with van der Waals surface area (Å²) in [6, 6.07) is 31.7. The van der Waals surface area contributed by atoms with Crippen molar-refractivity contribution in [3.8, 4) is 33.8 Å². The van der Waals surface area contributed by atoms with Crippen molar-refractivity contribution in [1.29, 1.82) is 5.26 Å². The summed E-state index contributed by atoms with van der Waals surface area (Å²) < 4.78 is 0. The maximum absolute atomic E-state index is 6.25. The van der Waals surface area contributed by atoms with E-state index in [0.29, 0.717) is 0 Å². The summed E-state index contributed by atoms with van der Waals surface area (Å²) in [4.78, 5) is 17.0. The fourth-order valence-corrected chi connectivity index (χ4v) is 2.78. The van der Waals surface area contributed by atoms with Gasteiger partial charge in [0.2, 0.25) is 0 Å². The van der Waals surface area contributed by atoms with Gasteiger partial charge in [0.1, 0.15) is 0 Å². The molecule has 0 atom stereocenters. The summed E-state index contributed by atoms with van der Waals surface area (Å²) in [5.74, 6) is 0. The number of hydrogen-bond donors (Lipinski definition) is 0. The largest absolute Gasteiger partial charge is 3.00 e. The smallest absolute Gasteiger partial charge is 0.512 e. The maximum atomic E-state index is 6.25. The van der Waals surface area contributed by atoms with Gasteiger partial charge in [-0.15, -0.1) is 42.0 Å². The van der Waals surface area contributed by atoms with Crippen LogP contribution in [0.2, 0.25) is 0 Å². The number of nitrogens with zero attached hydrogens (tertiary/aromatic N) is 5. The molecule has 0 spiro atoms. The standard InChI is InChI=1S/C15H10N3.C11H8N.CN.Ir/c1-3-7-17-14(5-1)12-9-13(11-16-10-12)15-6-2-4-8-18-15;1-2-6-10(7-3-1)11-8-4-5-9-12-11;1-2;/h1-8,10-11H;1-6,8-9H;;/q3*-1;+3. The van der Waals surface area contributed by atoms with E-state index in [1.807, 2.05) is 78.9 Å². The molecule has 160 valence electrons. The summed E-state index contributed by atoms with van der Waals surface area (Å²) in [7, 11) is 0. The van der Waals surface area contributed by atoms with Gasteiger partial charge in [0.15, 0.2) is 0 Å². The van der Waals surface area contributed by atoms with Gasteiger partial charge in [-0.3, -0.25) is 9.97 Å². The molecule has 33 heavy (non-hydrogen) atoms. The molecular formula is C27H18IrN5. The van der Waals surface area contributed by atoms with Crippen molar-refractivity contribution in [2.24, 2.45) is 0 Å². The summed E-state index contributed by atoms with van der Waals surface area (Å²) in [6.45, 7) is 4.75. The Kier molecular flexibility index (Phi) is 10.8. The van der Waals surface area contributed by atoms with Crippen LogP contribution in [0.4, 0.5) is 0 Å². The molecule has 0 N–H and O–H groups in total. The van der Waals surface area contributed by atoms with Gasteiger partial charge in [0.25, 0.3) is 0 Å². The molecule has 0 aliphatic carbocycles. The molecule has 1 aromatic carbocycles. The monoisotopic (exact) mass is 605 g/mol. The van der Waals surface area contributed by atoms with Crippen molar-refractivity contribution in [2.45, 2.75) is 0 Å². The Balaban J connectivity index is 0.000000225. The average molecular weight is 605 g/mol. The first kappa shape index (κ1) is 25.2. The third-order valence-corrected chi connectivity index (χ3v) is 4.21. The fraction of sp³-hybridized carbons (Fsp3) is 0. The summed E-state index contributed by atoms with van der Waals surface area (Å²) in [5, 5.41) is 6.25. The molecule has 5 rings (SSSR count). The van der Waals surface area contributed by atoms with Crippen molar-refractivity contribution in [3.05, 3.63) is 129 Å². The van der Waals surface area contributed by atoms with Crippen molar-refractivity contribution < 1.29 is 20.1 Å². The van der Waals surface area contributed by atoms with Crippen LogP contribution in [0.1, 0.15) is 0 Å². The number of benzene rings is 1. The Morgan fingerprint density at radius 3 is 1.42 bits per heavy atom. The van der Waals surface area contributed by atoms with Gasteiger partial charge < -0.3 is 21.8 Å². The second-order valence-corrected chi connectivity index (χ2v) is 6.28. The first-order chi connectivity index (χ1) is 15.9. The Hall–Kier alpha value is -4.04. The summed E-state index contributed by atoms with van der Waals surface area (Å²) in [6.07, 6.45) is 8.83. The normalized spacial score (nSPS) is 9.15. The van der Waals surface area contributed by atoms with Crippen LogP contribution >= 0.6 is 0 Å². The Morgan fingerprint density at radius 1 is 0.576 bits per heavy atom. The molecule has 4 aromatic heterocycles. The van der Waals surface area contributed by atoms with Crippen LogP contribution in [-0.4, -0.2) is 19.9 Å². The van der Waals surface area contributed by atoms with E-state index in [0.717, 1.165) is 33.8 Å². The van der Waals surface area contributed by atoms with E-state index in [1.54, 1.807) is 31.0 Å². The Bertz CT molecular complexity index is 1120. The van der Waals surface area contributed by atoms with Crippen molar-refractivity contribution in [2.75, 3.05) is 0 Å². The zero-order valence-corrected chi connectivity index (χ0v) is 19.9. The number of pyridine rings is 4. The van der Waals surface area contributed by atoms with Crippen LogP contribution in [0.15, 0.2) is 110 Å². The molecule has 0 aliphatic rings. The van der Waals surface area contributed by atoms with E-state index in [4.69, 9.17) is 11.8 Å². The second kappa shape index (κ2) is 14.1. The molecule has 0 bridgehead atoms. The fourth-order valence-electron chi connectivity index (χ4n) is 2.78. The van der Waals surface area contributed by atoms with E-state index in [-0.39, 0.29) is 20.1 Å². The van der Waals surface area contributed by atoms with Gasteiger partial charge in [-0.2, -0.15) is 0 Å². The van der Waals surface area contributed by atoms with Crippen LogP contribution < -0.4 is 0 Å². The topological polar surface area (TPSA) is 75.3 Å². The molecule has 0 fully saturated rings. The van der Waals surface area contributed by atoms with Gasteiger partial charge in [-0.1, -0.05) is 47.5 Å². The number of aromatic nitrogens is 4. The predicted octanol–water partition coefficient (Wildman–Crippen LogP) is 5.65. The van der Waals surface area contributed by atoms with Gasteiger partial charge in [0.05, 0.1) is 0 Å². The first-order valence-corrected chi connectivity index (χ1v) is 9.71. The van der Waals surface area contributed by atoms with E-state index < -0.39 is 0 Å². The van der Waals surface area contributed by atoms with E-state index in [1.165, 1.54) is 0 Å². The van der Waals surface area contributed by atoms with Crippen molar-refractivity contribution >= 4 is 0 Å². The molecule has 0 amide bonds. The number of rotatable bonds is 3. The molecule has 0 saturated carbocycles. The van der Waals surface area contributed by atoms with Crippen LogP contribution in [0.3, 0.4) is 0 Å². The van der Waals surface area contributed by atoms with Crippen LogP contribution in [-0.2, 0) is 20.1 Å². The molecule has 4 heterocycles. The minimum atomic E-state index is 0. The third kappa shape index (κ3) is 7.55. The van der Waals surface area contributed by atoms with Gasteiger partial charge in [-0.05, 0) is 36.3 Å². The molecule has 5 nitrogen and oxygen atoms in total. The van der Waals surface area contributed by atoms with E-state index in [9.17, 15) is 0 Å².